The summed E-state index contributed by atoms with van der Waals surface area (Å²) in [5.41, 5.74) is 1.87. The van der Waals surface area contributed by atoms with Gasteiger partial charge in [-0.05, 0) is 18.1 Å². The van der Waals surface area contributed by atoms with Crippen molar-refractivity contribution < 1.29 is 19.8 Å². The molecule has 0 saturated carbocycles. The minimum absolute atomic E-state index is 0.0352. The Balaban J connectivity index is 2.31. The van der Waals surface area contributed by atoms with Crippen LogP contribution in [-0.4, -0.2) is 39.8 Å². The highest BCUT2D eigenvalue weighted by Crippen LogP contribution is 2.05. The zero-order valence-electron chi connectivity index (χ0n) is 11.3. The number of carboxylic acid groups (broad SMARTS) is 1. The Bertz CT molecular complexity index is 465. The molecule has 1 aromatic heterocycles. The highest BCUT2D eigenvalue weighted by Gasteiger charge is 2.12. The Hall–Kier alpha value is -2.15. The lowest BCUT2D eigenvalue weighted by molar-refractivity contribution is -0.146. The van der Waals surface area contributed by atoms with Crippen LogP contribution in [0.4, 0.5) is 4.79 Å². The molecule has 0 radical (unpaired) electrons. The van der Waals surface area contributed by atoms with Crippen LogP contribution in [0.1, 0.15) is 24.6 Å². The molecule has 0 bridgehead atoms. The van der Waals surface area contributed by atoms with Gasteiger partial charge >= 0.3 is 12.0 Å². The van der Waals surface area contributed by atoms with Gasteiger partial charge in [0, 0.05) is 19.2 Å². The average Bonchev–Trinajstić information content (AvgIpc) is 2.45. The molecule has 0 aliphatic rings. The van der Waals surface area contributed by atoms with Gasteiger partial charge in [-0.3, -0.25) is 4.98 Å². The van der Waals surface area contributed by atoms with E-state index in [-0.39, 0.29) is 13.0 Å². The number of rotatable bonds is 7. The molecule has 1 unspecified atom stereocenters. The van der Waals surface area contributed by atoms with Crippen LogP contribution in [0.15, 0.2) is 18.3 Å². The van der Waals surface area contributed by atoms with E-state index in [4.69, 9.17) is 10.2 Å². The van der Waals surface area contributed by atoms with Gasteiger partial charge < -0.3 is 20.8 Å². The lowest BCUT2D eigenvalue weighted by Crippen LogP contribution is -2.37. The fourth-order valence-corrected chi connectivity index (χ4v) is 1.62. The molecule has 1 atom stereocenters. The number of carbonyl (C=O) groups excluding carboxylic acids is 1. The first-order chi connectivity index (χ1) is 9.54. The Morgan fingerprint density at radius 3 is 2.80 bits per heavy atom. The summed E-state index contributed by atoms with van der Waals surface area (Å²) in [5.74, 6) is -1.30. The van der Waals surface area contributed by atoms with E-state index >= 15 is 0 Å². The number of hydrogen-bond donors (Lipinski definition) is 4. The number of aliphatic carboxylic acids is 1. The van der Waals surface area contributed by atoms with Crippen molar-refractivity contribution in [3.8, 4) is 0 Å². The maximum atomic E-state index is 11.5. The highest BCUT2D eigenvalue weighted by atomic mass is 16.4. The number of amides is 2. The summed E-state index contributed by atoms with van der Waals surface area (Å²) in [4.78, 5) is 26.1. The Morgan fingerprint density at radius 1 is 1.40 bits per heavy atom. The van der Waals surface area contributed by atoms with Gasteiger partial charge in [0.05, 0.1) is 12.2 Å². The van der Waals surface area contributed by atoms with Crippen LogP contribution in [0.3, 0.4) is 0 Å². The molecule has 0 aliphatic heterocycles. The van der Waals surface area contributed by atoms with Crippen molar-refractivity contribution in [2.45, 2.75) is 32.4 Å². The van der Waals surface area contributed by atoms with Gasteiger partial charge in [-0.2, -0.15) is 0 Å². The second-order valence-corrected chi connectivity index (χ2v) is 4.21. The second-order valence-electron chi connectivity index (χ2n) is 4.21. The predicted molar refractivity (Wildman–Crippen MR) is 72.1 cm³/mol. The average molecular weight is 281 g/mol. The number of carboxylic acids is 1. The van der Waals surface area contributed by atoms with Gasteiger partial charge in [0.25, 0.3) is 0 Å². The van der Waals surface area contributed by atoms with E-state index in [0.29, 0.717) is 6.54 Å². The van der Waals surface area contributed by atoms with Gasteiger partial charge in [0.2, 0.25) is 0 Å². The summed E-state index contributed by atoms with van der Waals surface area (Å²) in [6.07, 6.45) is 0.999. The van der Waals surface area contributed by atoms with Crippen molar-refractivity contribution in [2.24, 2.45) is 0 Å². The molecule has 0 spiro atoms. The first-order valence-electron chi connectivity index (χ1n) is 6.40. The molecule has 7 heteroatoms. The lowest BCUT2D eigenvalue weighted by atomic mass is 10.1. The van der Waals surface area contributed by atoms with E-state index in [1.807, 2.05) is 19.1 Å². The van der Waals surface area contributed by atoms with E-state index in [1.165, 1.54) is 0 Å². The number of urea groups is 1. The summed E-state index contributed by atoms with van der Waals surface area (Å²) in [6, 6.07) is 3.37. The third-order valence-electron chi connectivity index (χ3n) is 2.77. The fourth-order valence-electron chi connectivity index (χ4n) is 1.62. The molecule has 4 N–H and O–H groups in total. The van der Waals surface area contributed by atoms with Gasteiger partial charge in [-0.25, -0.2) is 9.59 Å². The molecule has 0 saturated heterocycles. The molecule has 2 amide bonds. The standard InChI is InChI=1S/C13H19N3O4/c1-2-9-4-3-6-14-10(9)8-16-13(20)15-7-5-11(17)12(18)19/h3-4,6,11,17H,2,5,7-8H2,1H3,(H,18,19)(H2,15,16,20). The molecule has 1 rings (SSSR count). The van der Waals surface area contributed by atoms with E-state index < -0.39 is 18.1 Å². The molecule has 7 nitrogen and oxygen atoms in total. The molecule has 0 fully saturated rings. The number of hydrogen-bond acceptors (Lipinski definition) is 4. The molecule has 1 aromatic rings. The number of carbonyl (C=O) groups is 2. The predicted octanol–water partition coefficient (Wildman–Crippen LogP) is 0.279. The third-order valence-corrected chi connectivity index (χ3v) is 2.77. The van der Waals surface area contributed by atoms with Gasteiger partial charge in [-0.15, -0.1) is 0 Å². The zero-order valence-corrected chi connectivity index (χ0v) is 11.3. The summed E-state index contributed by atoms with van der Waals surface area (Å²) >= 11 is 0. The summed E-state index contributed by atoms with van der Waals surface area (Å²) < 4.78 is 0. The zero-order chi connectivity index (χ0) is 15.0. The van der Waals surface area contributed by atoms with E-state index in [1.54, 1.807) is 6.20 Å². The number of pyridine rings is 1. The quantitative estimate of drug-likeness (QED) is 0.573. The third kappa shape index (κ3) is 5.23. The number of aliphatic hydroxyl groups excluding tert-OH is 1. The fraction of sp³-hybridized carbons (Fsp3) is 0.462. The first kappa shape index (κ1) is 15.9. The summed E-state index contributed by atoms with van der Waals surface area (Å²) in [5, 5.41) is 22.6. The molecular formula is C13H19N3O4. The summed E-state index contributed by atoms with van der Waals surface area (Å²) in [7, 11) is 0. The van der Waals surface area contributed by atoms with Crippen molar-refractivity contribution in [3.05, 3.63) is 29.6 Å². The first-order valence-corrected chi connectivity index (χ1v) is 6.40. The molecule has 0 aliphatic carbocycles. The minimum atomic E-state index is -1.46. The lowest BCUT2D eigenvalue weighted by Gasteiger charge is -2.10. The Morgan fingerprint density at radius 2 is 2.15 bits per heavy atom. The van der Waals surface area contributed by atoms with E-state index in [0.717, 1.165) is 17.7 Å². The van der Waals surface area contributed by atoms with Gasteiger partial charge in [0.15, 0.2) is 6.10 Å². The van der Waals surface area contributed by atoms with E-state index in [9.17, 15) is 9.59 Å². The molecular weight excluding hydrogens is 262 g/mol. The van der Waals surface area contributed by atoms with Crippen molar-refractivity contribution >= 4 is 12.0 Å². The number of nitrogens with zero attached hydrogens (tertiary/aromatic N) is 1. The van der Waals surface area contributed by atoms with Crippen LogP contribution in [0.25, 0.3) is 0 Å². The molecule has 110 valence electrons. The SMILES string of the molecule is CCc1cccnc1CNC(=O)NCCC(O)C(=O)O. The number of aromatic nitrogens is 1. The largest absolute Gasteiger partial charge is 0.479 e. The van der Waals surface area contributed by atoms with Crippen LogP contribution >= 0.6 is 0 Å². The van der Waals surface area contributed by atoms with Crippen LogP contribution < -0.4 is 10.6 Å². The molecule has 20 heavy (non-hydrogen) atoms. The smallest absolute Gasteiger partial charge is 0.332 e. The normalized spacial score (nSPS) is 11.7. The molecule has 1 heterocycles. The van der Waals surface area contributed by atoms with Crippen molar-refractivity contribution in [1.82, 2.24) is 15.6 Å². The van der Waals surface area contributed by atoms with Crippen molar-refractivity contribution in [1.29, 1.82) is 0 Å². The molecule has 0 aromatic carbocycles. The second kappa shape index (κ2) is 8.11. The monoisotopic (exact) mass is 281 g/mol. The van der Waals surface area contributed by atoms with Gasteiger partial charge in [0.1, 0.15) is 0 Å². The minimum Gasteiger partial charge on any atom is -0.479 e. The maximum Gasteiger partial charge on any atom is 0.332 e. The van der Waals surface area contributed by atoms with Crippen LogP contribution in [0, 0.1) is 0 Å². The summed E-state index contributed by atoms with van der Waals surface area (Å²) in [6.45, 7) is 2.40. The van der Waals surface area contributed by atoms with Crippen molar-refractivity contribution in [3.63, 3.8) is 0 Å². The highest BCUT2D eigenvalue weighted by molar-refractivity contribution is 5.74. The number of nitrogens with one attached hydrogen (secondary N) is 2. The topological polar surface area (TPSA) is 112 Å². The van der Waals surface area contributed by atoms with Gasteiger partial charge in [-0.1, -0.05) is 13.0 Å². The Labute approximate surface area is 117 Å². The number of aryl methyl sites for hydroxylation is 1. The number of aliphatic hydroxyl groups is 1. The van der Waals surface area contributed by atoms with E-state index in [2.05, 4.69) is 15.6 Å². The Kier molecular flexibility index (Phi) is 6.45. The maximum absolute atomic E-state index is 11.5. The van der Waals surface area contributed by atoms with Crippen molar-refractivity contribution in [2.75, 3.05) is 6.54 Å². The van der Waals surface area contributed by atoms with Crippen LogP contribution in [0.5, 0.6) is 0 Å². The van der Waals surface area contributed by atoms with Crippen LogP contribution in [-0.2, 0) is 17.8 Å². The van der Waals surface area contributed by atoms with Crippen LogP contribution in [0.2, 0.25) is 0 Å².